The summed E-state index contributed by atoms with van der Waals surface area (Å²) in [6.07, 6.45) is 1.52. The van der Waals surface area contributed by atoms with Crippen molar-refractivity contribution in [2.24, 2.45) is 5.92 Å². The van der Waals surface area contributed by atoms with Gasteiger partial charge in [-0.25, -0.2) is 4.79 Å². The monoisotopic (exact) mass is 515 g/mol. The number of aryl methyl sites for hydroxylation is 1. The van der Waals surface area contributed by atoms with Crippen molar-refractivity contribution in [3.8, 4) is 10.6 Å². The van der Waals surface area contributed by atoms with Gasteiger partial charge in [-0.1, -0.05) is 84.8 Å². The van der Waals surface area contributed by atoms with Crippen molar-refractivity contribution in [3.05, 3.63) is 58.6 Å². The van der Waals surface area contributed by atoms with Crippen LogP contribution in [0.5, 0.6) is 0 Å². The molecule has 3 amide bonds. The Labute approximate surface area is 200 Å². The van der Waals surface area contributed by atoms with Gasteiger partial charge < -0.3 is 10.6 Å². The van der Waals surface area contributed by atoms with Crippen LogP contribution in [0.1, 0.15) is 32.8 Å². The van der Waals surface area contributed by atoms with Crippen LogP contribution in [-0.4, -0.2) is 28.2 Å². The Morgan fingerprint density at radius 1 is 1.06 bits per heavy atom. The maximum atomic E-state index is 13.0. The fraction of sp³-hybridized carbons (Fsp3) is 0.304. The topological polar surface area (TPSA) is 96.0 Å². The highest BCUT2D eigenvalue weighted by Gasteiger charge is 2.27. The molecular weight excluding hydrogens is 490 g/mol. The van der Waals surface area contributed by atoms with Crippen LogP contribution in [0.25, 0.3) is 10.6 Å². The van der Waals surface area contributed by atoms with Crippen LogP contribution < -0.4 is 16.0 Å². The average molecular weight is 516 g/mol. The minimum atomic E-state index is -0.716. The molecule has 0 saturated carbocycles. The van der Waals surface area contributed by atoms with E-state index in [4.69, 9.17) is 0 Å². The number of rotatable bonds is 8. The molecule has 32 heavy (non-hydrogen) atoms. The average Bonchev–Trinajstić information content (AvgIpc) is 3.25. The number of benzene rings is 2. The Morgan fingerprint density at radius 3 is 2.56 bits per heavy atom. The molecule has 2 aromatic carbocycles. The number of para-hydroxylation sites is 1. The van der Waals surface area contributed by atoms with E-state index >= 15 is 0 Å². The van der Waals surface area contributed by atoms with Gasteiger partial charge in [0.25, 0.3) is 0 Å². The number of aromatic nitrogens is 2. The summed E-state index contributed by atoms with van der Waals surface area (Å²) in [4.78, 5) is 25.7. The summed E-state index contributed by atoms with van der Waals surface area (Å²) < 4.78 is 0.937. The summed E-state index contributed by atoms with van der Waals surface area (Å²) in [5.41, 5.74) is 2.67. The first-order valence-corrected chi connectivity index (χ1v) is 12.1. The van der Waals surface area contributed by atoms with Crippen LogP contribution in [-0.2, 0) is 11.2 Å². The first-order chi connectivity index (χ1) is 15.4. The predicted octanol–water partition coefficient (Wildman–Crippen LogP) is 5.70. The molecule has 2 atom stereocenters. The maximum Gasteiger partial charge on any atom is 0.319 e. The molecule has 7 nitrogen and oxygen atoms in total. The molecule has 3 aromatic rings. The van der Waals surface area contributed by atoms with E-state index in [2.05, 4.69) is 42.1 Å². The number of hydrogen-bond acceptors (Lipinski definition) is 5. The lowest BCUT2D eigenvalue weighted by atomic mass is 9.98. The quantitative estimate of drug-likeness (QED) is 0.358. The Kier molecular flexibility index (Phi) is 8.35. The number of carbonyl (C=O) groups excluding carboxylic acids is 2. The molecule has 1 heterocycles. The zero-order valence-electron chi connectivity index (χ0n) is 18.2. The third-order valence-corrected chi connectivity index (χ3v) is 6.54. The summed E-state index contributed by atoms with van der Waals surface area (Å²) in [6.45, 7) is 5.93. The second kappa shape index (κ2) is 11.2. The number of urea groups is 1. The second-order valence-electron chi connectivity index (χ2n) is 7.38. The molecule has 0 saturated heterocycles. The first-order valence-electron chi connectivity index (χ1n) is 10.5. The molecule has 0 radical (unpaired) electrons. The molecule has 0 fully saturated rings. The first kappa shape index (κ1) is 23.9. The zero-order valence-corrected chi connectivity index (χ0v) is 20.6. The molecule has 0 aliphatic rings. The second-order valence-corrected chi connectivity index (χ2v) is 9.28. The third-order valence-electron chi connectivity index (χ3n) is 5.16. The zero-order chi connectivity index (χ0) is 23.1. The van der Waals surface area contributed by atoms with Gasteiger partial charge in [0.1, 0.15) is 11.0 Å². The smallest absolute Gasteiger partial charge is 0.319 e. The minimum absolute atomic E-state index is 0.0698. The van der Waals surface area contributed by atoms with Gasteiger partial charge in [0.2, 0.25) is 11.0 Å². The van der Waals surface area contributed by atoms with Crippen LogP contribution in [0, 0.1) is 5.92 Å². The Bertz CT molecular complexity index is 1090. The van der Waals surface area contributed by atoms with Crippen molar-refractivity contribution < 1.29 is 9.59 Å². The minimum Gasteiger partial charge on any atom is -0.326 e. The largest absolute Gasteiger partial charge is 0.326 e. The summed E-state index contributed by atoms with van der Waals surface area (Å²) in [5.74, 6) is -0.394. The van der Waals surface area contributed by atoms with Crippen molar-refractivity contribution in [1.29, 1.82) is 0 Å². The fourth-order valence-corrected chi connectivity index (χ4v) is 4.29. The number of amides is 3. The van der Waals surface area contributed by atoms with Crippen molar-refractivity contribution in [2.45, 2.75) is 39.7 Å². The van der Waals surface area contributed by atoms with Gasteiger partial charge in [-0.05, 0) is 36.1 Å². The van der Waals surface area contributed by atoms with E-state index in [9.17, 15) is 9.59 Å². The molecule has 168 valence electrons. The number of halogens is 1. The highest BCUT2D eigenvalue weighted by molar-refractivity contribution is 9.10. The number of anilines is 2. The van der Waals surface area contributed by atoms with Crippen LogP contribution in [0.4, 0.5) is 15.6 Å². The van der Waals surface area contributed by atoms with Crippen LogP contribution in [0.15, 0.2) is 53.0 Å². The fourth-order valence-electron chi connectivity index (χ4n) is 3.15. The molecule has 1 aromatic heterocycles. The summed E-state index contributed by atoms with van der Waals surface area (Å²) in [6, 6.07) is 14.2. The molecular formula is C23H26BrN5O2S. The molecule has 2 unspecified atom stereocenters. The Morgan fingerprint density at radius 2 is 1.84 bits per heavy atom. The van der Waals surface area contributed by atoms with Crippen LogP contribution in [0.2, 0.25) is 0 Å². The predicted molar refractivity (Wildman–Crippen MR) is 133 cm³/mol. The Hall–Kier alpha value is -2.78. The summed E-state index contributed by atoms with van der Waals surface area (Å²) in [7, 11) is 0. The van der Waals surface area contributed by atoms with Crippen molar-refractivity contribution >= 4 is 50.0 Å². The number of carbonyl (C=O) groups is 2. The number of hydrogen-bond donors (Lipinski definition) is 3. The highest BCUT2D eigenvalue weighted by atomic mass is 79.9. The van der Waals surface area contributed by atoms with E-state index in [-0.39, 0.29) is 11.8 Å². The van der Waals surface area contributed by atoms with Crippen molar-refractivity contribution in [2.75, 3.05) is 10.6 Å². The molecule has 3 N–H and O–H groups in total. The SMILES string of the molecule is CCc1ccccc1NC(=O)NC(C(=O)Nc1nnc(-c2cccc(Br)c2)s1)C(C)CC. The van der Waals surface area contributed by atoms with Gasteiger partial charge in [0, 0.05) is 15.7 Å². The summed E-state index contributed by atoms with van der Waals surface area (Å²) in [5, 5.41) is 17.8. The van der Waals surface area contributed by atoms with E-state index in [1.54, 1.807) is 0 Å². The van der Waals surface area contributed by atoms with Gasteiger partial charge >= 0.3 is 6.03 Å². The van der Waals surface area contributed by atoms with E-state index in [0.717, 1.165) is 34.1 Å². The van der Waals surface area contributed by atoms with Crippen molar-refractivity contribution in [1.82, 2.24) is 15.5 Å². The normalized spacial score (nSPS) is 12.6. The summed E-state index contributed by atoms with van der Waals surface area (Å²) >= 11 is 4.73. The van der Waals surface area contributed by atoms with E-state index in [0.29, 0.717) is 10.1 Å². The van der Waals surface area contributed by atoms with Gasteiger partial charge in [-0.2, -0.15) is 0 Å². The Balaban J connectivity index is 1.69. The number of nitrogens with zero attached hydrogens (tertiary/aromatic N) is 2. The van der Waals surface area contributed by atoms with Gasteiger partial charge in [-0.3, -0.25) is 10.1 Å². The molecule has 0 aliphatic carbocycles. The lowest BCUT2D eigenvalue weighted by molar-refractivity contribution is -0.119. The molecule has 0 bridgehead atoms. The molecule has 3 rings (SSSR count). The van der Waals surface area contributed by atoms with Gasteiger partial charge in [0.15, 0.2) is 0 Å². The van der Waals surface area contributed by atoms with Gasteiger partial charge in [0.05, 0.1) is 0 Å². The highest BCUT2D eigenvalue weighted by Crippen LogP contribution is 2.28. The third kappa shape index (κ3) is 6.14. The van der Waals surface area contributed by atoms with Crippen LogP contribution >= 0.6 is 27.3 Å². The van der Waals surface area contributed by atoms with E-state index < -0.39 is 12.1 Å². The lowest BCUT2D eigenvalue weighted by Gasteiger charge is -2.23. The number of nitrogens with one attached hydrogen (secondary N) is 3. The molecule has 9 heteroatoms. The van der Waals surface area contributed by atoms with Crippen molar-refractivity contribution in [3.63, 3.8) is 0 Å². The van der Waals surface area contributed by atoms with E-state index in [1.807, 2.05) is 69.3 Å². The lowest BCUT2D eigenvalue weighted by Crippen LogP contribution is -2.49. The maximum absolute atomic E-state index is 13.0. The van der Waals surface area contributed by atoms with E-state index in [1.165, 1.54) is 11.3 Å². The van der Waals surface area contributed by atoms with Gasteiger partial charge in [-0.15, -0.1) is 10.2 Å². The molecule has 0 aliphatic heterocycles. The molecule has 0 spiro atoms. The standard InChI is InChI=1S/C23H26BrN5O2S/c1-4-14(3)19(26-22(31)25-18-12-7-6-9-15(18)5-2)20(30)27-23-29-28-21(32-23)16-10-8-11-17(24)13-16/h6-14,19H,4-5H2,1-3H3,(H2,25,26,31)(H,27,29,30). The van der Waals surface area contributed by atoms with Crippen LogP contribution in [0.3, 0.4) is 0 Å².